The van der Waals surface area contributed by atoms with E-state index in [-0.39, 0.29) is 5.78 Å². The van der Waals surface area contributed by atoms with Gasteiger partial charge in [0.15, 0.2) is 5.76 Å². The fourth-order valence-corrected chi connectivity index (χ4v) is 2.46. The number of aryl methyl sites for hydroxylation is 3. The molecule has 0 N–H and O–H groups in total. The molecule has 0 amide bonds. The lowest BCUT2D eigenvalue weighted by atomic mass is 10.1. The van der Waals surface area contributed by atoms with Crippen LogP contribution in [0.15, 0.2) is 34.7 Å². The molecular weight excluding hydrogens is 264 g/mol. The van der Waals surface area contributed by atoms with E-state index in [1.807, 2.05) is 44.3 Å². The molecule has 108 valence electrons. The fraction of sp³-hybridized carbons (Fsp3) is 0.294. The molecule has 0 radical (unpaired) electrons. The average molecular weight is 282 g/mol. The van der Waals surface area contributed by atoms with Gasteiger partial charge in [-0.25, -0.2) is 0 Å². The van der Waals surface area contributed by atoms with E-state index in [9.17, 15) is 4.79 Å². The highest BCUT2D eigenvalue weighted by Crippen LogP contribution is 2.22. The number of ketones is 1. The van der Waals surface area contributed by atoms with Crippen LogP contribution >= 0.6 is 0 Å². The van der Waals surface area contributed by atoms with Crippen molar-refractivity contribution < 1.29 is 9.21 Å². The second-order valence-corrected chi connectivity index (χ2v) is 5.36. The molecule has 0 aliphatic rings. The van der Waals surface area contributed by atoms with Gasteiger partial charge in [-0.15, -0.1) is 0 Å². The molecule has 0 fully saturated rings. The van der Waals surface area contributed by atoms with Crippen LogP contribution in [0, 0.1) is 6.92 Å². The van der Waals surface area contributed by atoms with E-state index in [0.29, 0.717) is 12.2 Å². The highest BCUT2D eigenvalue weighted by Gasteiger charge is 2.15. The monoisotopic (exact) mass is 282 g/mol. The Morgan fingerprint density at radius 1 is 1.29 bits per heavy atom. The van der Waals surface area contributed by atoms with Gasteiger partial charge in [0.25, 0.3) is 0 Å². The van der Waals surface area contributed by atoms with E-state index >= 15 is 0 Å². The molecule has 0 saturated carbocycles. The second kappa shape index (κ2) is 5.20. The first-order chi connectivity index (χ1) is 10.1. The van der Waals surface area contributed by atoms with Crippen molar-refractivity contribution in [1.82, 2.24) is 9.78 Å². The molecule has 4 heteroatoms. The van der Waals surface area contributed by atoms with E-state index < -0.39 is 0 Å². The number of furan rings is 1. The third-order valence-corrected chi connectivity index (χ3v) is 3.68. The minimum atomic E-state index is -0.0190. The van der Waals surface area contributed by atoms with Crippen molar-refractivity contribution in [1.29, 1.82) is 0 Å². The minimum absolute atomic E-state index is 0.0190. The maximum Gasteiger partial charge on any atom is 0.203 e. The summed E-state index contributed by atoms with van der Waals surface area (Å²) in [5.41, 5.74) is 3.82. The number of fused-ring (bicyclic) bond motifs is 1. The van der Waals surface area contributed by atoms with Crippen LogP contribution in [0.25, 0.3) is 11.0 Å². The van der Waals surface area contributed by atoms with Crippen LogP contribution in [0.4, 0.5) is 0 Å². The highest BCUT2D eigenvalue weighted by atomic mass is 16.3. The Labute approximate surface area is 123 Å². The van der Waals surface area contributed by atoms with Crippen molar-refractivity contribution in [2.75, 3.05) is 0 Å². The van der Waals surface area contributed by atoms with Gasteiger partial charge in [-0.05, 0) is 37.6 Å². The lowest BCUT2D eigenvalue weighted by molar-refractivity contribution is 0.0966. The molecule has 0 unspecified atom stereocenters. The quantitative estimate of drug-likeness (QED) is 0.688. The molecule has 1 aromatic carbocycles. The molecule has 0 bridgehead atoms. The number of carbonyl (C=O) groups is 1. The molecule has 4 nitrogen and oxygen atoms in total. The summed E-state index contributed by atoms with van der Waals surface area (Å²) in [6, 6.07) is 9.71. The summed E-state index contributed by atoms with van der Waals surface area (Å²) >= 11 is 0. The van der Waals surface area contributed by atoms with E-state index in [1.165, 1.54) is 0 Å². The molecule has 3 rings (SSSR count). The van der Waals surface area contributed by atoms with Crippen molar-refractivity contribution in [3.63, 3.8) is 0 Å². The van der Waals surface area contributed by atoms with Gasteiger partial charge in [-0.2, -0.15) is 5.10 Å². The number of carbonyl (C=O) groups excluding carboxylic acids is 1. The van der Waals surface area contributed by atoms with Gasteiger partial charge >= 0.3 is 0 Å². The number of rotatable bonds is 4. The average Bonchev–Trinajstić information content (AvgIpc) is 3.02. The second-order valence-electron chi connectivity index (χ2n) is 5.36. The number of hydrogen-bond donors (Lipinski definition) is 0. The molecule has 21 heavy (non-hydrogen) atoms. The van der Waals surface area contributed by atoms with Gasteiger partial charge in [0, 0.05) is 18.1 Å². The van der Waals surface area contributed by atoms with Gasteiger partial charge in [0.1, 0.15) is 5.58 Å². The van der Waals surface area contributed by atoms with Crippen LogP contribution in [0.1, 0.15) is 34.4 Å². The topological polar surface area (TPSA) is 48.0 Å². The van der Waals surface area contributed by atoms with E-state index in [4.69, 9.17) is 4.42 Å². The molecule has 0 saturated heterocycles. The maximum absolute atomic E-state index is 12.4. The molecule has 2 heterocycles. The zero-order valence-electron chi connectivity index (χ0n) is 12.5. The smallest absolute Gasteiger partial charge is 0.203 e. The summed E-state index contributed by atoms with van der Waals surface area (Å²) in [4.78, 5) is 12.4. The number of benzene rings is 1. The third-order valence-electron chi connectivity index (χ3n) is 3.68. The molecule has 0 spiro atoms. The highest BCUT2D eigenvalue weighted by molar-refractivity contribution is 5.98. The van der Waals surface area contributed by atoms with Crippen molar-refractivity contribution in [3.8, 4) is 0 Å². The van der Waals surface area contributed by atoms with Gasteiger partial charge in [-0.1, -0.05) is 18.6 Å². The van der Waals surface area contributed by atoms with Crippen molar-refractivity contribution >= 4 is 16.8 Å². The van der Waals surface area contributed by atoms with Crippen LogP contribution in [0.3, 0.4) is 0 Å². The Bertz CT molecular complexity index is 811. The number of Topliss-reactive ketones (excluding diaryl/α,β-unsaturated/α-hetero) is 1. The minimum Gasteiger partial charge on any atom is -0.453 e. The van der Waals surface area contributed by atoms with Crippen molar-refractivity contribution in [2.45, 2.75) is 26.7 Å². The number of nitrogens with zero attached hydrogens (tertiary/aromatic N) is 2. The standard InChI is InChI=1S/C17H18N2O2/c1-4-13-9-14(19(3)18-13)10-15(20)17-8-12-7-11(2)5-6-16(12)21-17/h5-9H,4,10H2,1-3H3. The van der Waals surface area contributed by atoms with Gasteiger partial charge in [-0.3, -0.25) is 9.48 Å². The summed E-state index contributed by atoms with van der Waals surface area (Å²) in [5, 5.41) is 5.33. The van der Waals surface area contributed by atoms with Crippen LogP contribution in [0.2, 0.25) is 0 Å². The van der Waals surface area contributed by atoms with Crippen molar-refractivity contribution in [3.05, 3.63) is 53.0 Å². The SMILES string of the molecule is CCc1cc(CC(=O)c2cc3cc(C)ccc3o2)n(C)n1. The predicted molar refractivity (Wildman–Crippen MR) is 81.6 cm³/mol. The Morgan fingerprint density at radius 2 is 2.10 bits per heavy atom. The predicted octanol–water partition coefficient (Wildman–Crippen LogP) is 3.46. The van der Waals surface area contributed by atoms with Crippen LogP contribution < -0.4 is 0 Å². The third kappa shape index (κ3) is 2.61. The Kier molecular flexibility index (Phi) is 3.37. The first-order valence-electron chi connectivity index (χ1n) is 7.12. The lowest BCUT2D eigenvalue weighted by Gasteiger charge is -1.98. The van der Waals surface area contributed by atoms with E-state index in [2.05, 4.69) is 12.0 Å². The van der Waals surface area contributed by atoms with Crippen LogP contribution in [0.5, 0.6) is 0 Å². The van der Waals surface area contributed by atoms with Crippen molar-refractivity contribution in [2.24, 2.45) is 7.05 Å². The summed E-state index contributed by atoms with van der Waals surface area (Å²) in [7, 11) is 1.86. The van der Waals surface area contributed by atoms with Gasteiger partial charge in [0.2, 0.25) is 5.78 Å². The number of aromatic nitrogens is 2. The first kappa shape index (κ1) is 13.6. The first-order valence-corrected chi connectivity index (χ1v) is 7.12. The van der Waals surface area contributed by atoms with Gasteiger partial charge < -0.3 is 4.42 Å². The molecule has 2 aromatic heterocycles. The van der Waals surface area contributed by atoms with E-state index in [0.717, 1.165) is 34.3 Å². The maximum atomic E-state index is 12.4. The summed E-state index contributed by atoms with van der Waals surface area (Å²) in [5.74, 6) is 0.393. The van der Waals surface area contributed by atoms with Crippen LogP contribution in [-0.2, 0) is 19.9 Å². The Hall–Kier alpha value is -2.36. The zero-order chi connectivity index (χ0) is 15.0. The molecule has 0 aliphatic carbocycles. The summed E-state index contributed by atoms with van der Waals surface area (Å²) in [6.45, 7) is 4.07. The zero-order valence-corrected chi connectivity index (χ0v) is 12.5. The number of hydrogen-bond acceptors (Lipinski definition) is 3. The normalized spacial score (nSPS) is 11.2. The Balaban J connectivity index is 1.87. The molecule has 3 aromatic rings. The molecule has 0 atom stereocenters. The fourth-order valence-electron chi connectivity index (χ4n) is 2.46. The van der Waals surface area contributed by atoms with Crippen LogP contribution in [-0.4, -0.2) is 15.6 Å². The van der Waals surface area contributed by atoms with E-state index in [1.54, 1.807) is 4.68 Å². The van der Waals surface area contributed by atoms with Gasteiger partial charge in [0.05, 0.1) is 12.1 Å². The Morgan fingerprint density at radius 3 is 2.81 bits per heavy atom. The summed E-state index contributed by atoms with van der Waals surface area (Å²) in [6.07, 6.45) is 1.17. The molecule has 0 aliphatic heterocycles. The lowest BCUT2D eigenvalue weighted by Crippen LogP contribution is -2.06. The largest absolute Gasteiger partial charge is 0.453 e. The summed E-state index contributed by atoms with van der Waals surface area (Å²) < 4.78 is 7.42. The molecular formula is C17H18N2O2.